The highest BCUT2D eigenvalue weighted by molar-refractivity contribution is 7.89. The van der Waals surface area contributed by atoms with Crippen LogP contribution in [0.5, 0.6) is 0 Å². The number of rotatable bonds is 5. The minimum atomic E-state index is -3.73. The number of hydrogen-bond acceptors (Lipinski definition) is 4. The Morgan fingerprint density at radius 1 is 1.21 bits per heavy atom. The van der Waals surface area contributed by atoms with Crippen LogP contribution in [0.4, 0.5) is 8.78 Å². The summed E-state index contributed by atoms with van der Waals surface area (Å²) in [7, 11) is -3.73. The number of nitrogens with zero attached hydrogens (tertiary/aromatic N) is 3. The zero-order valence-corrected chi connectivity index (χ0v) is 21.1. The van der Waals surface area contributed by atoms with Gasteiger partial charge in [0.2, 0.25) is 21.9 Å². The summed E-state index contributed by atoms with van der Waals surface area (Å²) in [6.45, 7) is 8.74. The smallest absolute Gasteiger partial charge is 0.248 e. The quantitative estimate of drug-likeness (QED) is 0.677. The number of halogens is 2. The van der Waals surface area contributed by atoms with Crippen molar-refractivity contribution < 1.29 is 22.0 Å². The third-order valence-electron chi connectivity index (χ3n) is 6.86. The fourth-order valence-corrected chi connectivity index (χ4v) is 6.59. The fourth-order valence-electron chi connectivity index (χ4n) is 5.07. The minimum absolute atomic E-state index is 0.0904. The molecule has 1 saturated carbocycles. The maximum absolute atomic E-state index is 13.6. The van der Waals surface area contributed by atoms with E-state index in [-0.39, 0.29) is 47.6 Å². The van der Waals surface area contributed by atoms with Crippen LogP contribution in [0.25, 0.3) is 11.0 Å². The summed E-state index contributed by atoms with van der Waals surface area (Å²) in [6, 6.07) is 4.80. The van der Waals surface area contributed by atoms with E-state index in [0.29, 0.717) is 37.9 Å². The van der Waals surface area contributed by atoms with Crippen molar-refractivity contribution in [1.82, 2.24) is 19.2 Å². The molecule has 1 N–H and O–H groups in total. The molecule has 2 heterocycles. The molecule has 1 saturated heterocycles. The molecule has 0 radical (unpaired) electrons. The molecule has 0 unspecified atom stereocenters. The number of benzene rings is 1. The Kier molecular flexibility index (Phi) is 6.52. The molecule has 1 aromatic heterocycles. The van der Waals surface area contributed by atoms with E-state index in [2.05, 4.69) is 9.88 Å². The van der Waals surface area contributed by atoms with E-state index in [0.717, 1.165) is 11.3 Å². The number of aromatic nitrogens is 2. The van der Waals surface area contributed by atoms with Gasteiger partial charge in [-0.1, -0.05) is 20.8 Å². The van der Waals surface area contributed by atoms with Gasteiger partial charge in [0.05, 0.1) is 15.9 Å². The van der Waals surface area contributed by atoms with Crippen molar-refractivity contribution in [2.24, 2.45) is 5.92 Å². The molecule has 1 amide bonds. The number of fused-ring (bicyclic) bond motifs is 1. The molecular formula is C24H34F2N4O3S. The molecule has 7 nitrogen and oxygen atoms in total. The summed E-state index contributed by atoms with van der Waals surface area (Å²) in [6.07, 6.45) is 1.32. The van der Waals surface area contributed by atoms with Crippen LogP contribution >= 0.6 is 0 Å². The zero-order valence-electron chi connectivity index (χ0n) is 20.3. The molecule has 2 fully saturated rings. The first-order chi connectivity index (χ1) is 15.8. The number of nitrogens with one attached hydrogen (secondary N) is 1. The van der Waals surface area contributed by atoms with Crippen LogP contribution in [-0.2, 0) is 26.8 Å². The van der Waals surface area contributed by atoms with E-state index >= 15 is 0 Å². The Morgan fingerprint density at radius 3 is 2.50 bits per heavy atom. The van der Waals surface area contributed by atoms with Gasteiger partial charge in [-0.05, 0) is 43.4 Å². The van der Waals surface area contributed by atoms with Crippen molar-refractivity contribution in [2.45, 2.75) is 88.6 Å². The van der Waals surface area contributed by atoms with Crippen LogP contribution in [0, 0.1) is 5.92 Å². The van der Waals surface area contributed by atoms with Crippen molar-refractivity contribution in [3.63, 3.8) is 0 Å². The second kappa shape index (κ2) is 8.86. The summed E-state index contributed by atoms with van der Waals surface area (Å²) in [5.41, 5.74) is 1.11. The summed E-state index contributed by atoms with van der Waals surface area (Å²) >= 11 is 0. The molecule has 34 heavy (non-hydrogen) atoms. The number of alkyl halides is 2. The summed E-state index contributed by atoms with van der Waals surface area (Å²) in [4.78, 5) is 16.3. The SMILES string of the molecule is CC(=O)N[C@@H]1CCN(S(=O)(=O)c2ccc3c(c2)nc(C(C)(C)C)n3CC2CCC(F)(F)CC2)C1. The van der Waals surface area contributed by atoms with Crippen molar-refractivity contribution in [1.29, 1.82) is 0 Å². The molecule has 188 valence electrons. The molecule has 4 rings (SSSR count). The van der Waals surface area contributed by atoms with Gasteiger partial charge in [0.1, 0.15) is 5.82 Å². The average Bonchev–Trinajstić information content (AvgIpc) is 3.34. The lowest BCUT2D eigenvalue weighted by atomic mass is 9.86. The fraction of sp³-hybridized carbons (Fsp3) is 0.667. The third kappa shape index (κ3) is 5.12. The van der Waals surface area contributed by atoms with E-state index in [1.165, 1.54) is 11.2 Å². The van der Waals surface area contributed by atoms with E-state index in [1.807, 2.05) is 20.8 Å². The number of carbonyl (C=O) groups is 1. The van der Waals surface area contributed by atoms with Crippen molar-refractivity contribution in [2.75, 3.05) is 13.1 Å². The van der Waals surface area contributed by atoms with E-state index in [9.17, 15) is 22.0 Å². The van der Waals surface area contributed by atoms with E-state index in [4.69, 9.17) is 4.98 Å². The van der Waals surface area contributed by atoms with E-state index in [1.54, 1.807) is 18.2 Å². The minimum Gasteiger partial charge on any atom is -0.352 e. The van der Waals surface area contributed by atoms with Gasteiger partial charge in [0, 0.05) is 50.9 Å². The standard InChI is InChI=1S/C24H34F2N4O3S/c1-16(31)27-18-9-12-29(15-18)34(32,33)19-5-6-21-20(13-19)28-22(23(2,3)4)30(21)14-17-7-10-24(25,26)11-8-17/h5-6,13,17-18H,7-12,14-15H2,1-4H3,(H,27,31)/t18-/m1/s1. The maximum Gasteiger partial charge on any atom is 0.248 e. The number of imidazole rings is 1. The molecule has 2 aliphatic rings. The summed E-state index contributed by atoms with van der Waals surface area (Å²) < 4.78 is 57.4. The lowest BCUT2D eigenvalue weighted by Crippen LogP contribution is -2.37. The predicted molar refractivity (Wildman–Crippen MR) is 126 cm³/mol. The average molecular weight is 497 g/mol. The Labute approximate surface area is 200 Å². The first-order valence-corrected chi connectivity index (χ1v) is 13.4. The zero-order chi connectivity index (χ0) is 24.9. The monoisotopic (exact) mass is 496 g/mol. The second-order valence-corrected chi connectivity index (χ2v) is 12.7. The Hall–Kier alpha value is -2.07. The largest absolute Gasteiger partial charge is 0.352 e. The van der Waals surface area contributed by atoms with Crippen LogP contribution in [-0.4, -0.2) is 53.2 Å². The molecule has 1 aliphatic heterocycles. The summed E-state index contributed by atoms with van der Waals surface area (Å²) in [5.74, 6) is -1.79. The lowest BCUT2D eigenvalue weighted by Gasteiger charge is -2.30. The van der Waals surface area contributed by atoms with Crippen LogP contribution in [0.2, 0.25) is 0 Å². The van der Waals surface area contributed by atoms with Gasteiger partial charge in [0.15, 0.2) is 0 Å². The number of hydrogen-bond donors (Lipinski definition) is 1. The van der Waals surface area contributed by atoms with Crippen molar-refractivity contribution in [3.8, 4) is 0 Å². The molecule has 1 atom stereocenters. The molecular weight excluding hydrogens is 462 g/mol. The maximum atomic E-state index is 13.6. The Bertz CT molecular complexity index is 1180. The van der Waals surface area contributed by atoms with Gasteiger partial charge >= 0.3 is 0 Å². The van der Waals surface area contributed by atoms with Gasteiger partial charge < -0.3 is 9.88 Å². The molecule has 10 heteroatoms. The molecule has 1 aliphatic carbocycles. The predicted octanol–water partition coefficient (Wildman–Crippen LogP) is 4.06. The van der Waals surface area contributed by atoms with Gasteiger partial charge in [-0.15, -0.1) is 0 Å². The van der Waals surface area contributed by atoms with Crippen molar-refractivity contribution >= 4 is 27.0 Å². The number of sulfonamides is 1. The first kappa shape index (κ1) is 25.0. The number of amides is 1. The number of carbonyl (C=O) groups excluding carboxylic acids is 1. The van der Waals surface area contributed by atoms with Crippen LogP contribution in [0.1, 0.15) is 65.6 Å². The lowest BCUT2D eigenvalue weighted by molar-refractivity contribution is -0.119. The molecule has 1 aromatic carbocycles. The van der Waals surface area contributed by atoms with Gasteiger partial charge in [-0.25, -0.2) is 22.2 Å². The highest BCUT2D eigenvalue weighted by Gasteiger charge is 2.36. The summed E-state index contributed by atoms with van der Waals surface area (Å²) in [5, 5.41) is 2.79. The van der Waals surface area contributed by atoms with Crippen LogP contribution in [0.15, 0.2) is 23.1 Å². The van der Waals surface area contributed by atoms with Crippen LogP contribution < -0.4 is 5.32 Å². The van der Waals surface area contributed by atoms with Gasteiger partial charge in [-0.3, -0.25) is 4.79 Å². The topological polar surface area (TPSA) is 84.3 Å². The van der Waals surface area contributed by atoms with Gasteiger partial charge in [0.25, 0.3) is 0 Å². The molecule has 0 spiro atoms. The first-order valence-electron chi connectivity index (χ1n) is 11.9. The third-order valence-corrected chi connectivity index (χ3v) is 8.73. The Morgan fingerprint density at radius 2 is 1.88 bits per heavy atom. The molecule has 0 bridgehead atoms. The van der Waals surface area contributed by atoms with Crippen LogP contribution in [0.3, 0.4) is 0 Å². The normalized spacial score (nSPS) is 22.4. The van der Waals surface area contributed by atoms with E-state index < -0.39 is 15.9 Å². The highest BCUT2D eigenvalue weighted by atomic mass is 32.2. The highest BCUT2D eigenvalue weighted by Crippen LogP contribution is 2.38. The van der Waals surface area contributed by atoms with Crippen molar-refractivity contribution in [3.05, 3.63) is 24.0 Å². The van der Waals surface area contributed by atoms with Gasteiger partial charge in [-0.2, -0.15) is 4.31 Å². The second-order valence-electron chi connectivity index (χ2n) is 10.8. The Balaban J connectivity index is 1.63. The molecule has 2 aromatic rings.